The summed E-state index contributed by atoms with van der Waals surface area (Å²) in [5.74, 6) is -0.432. The van der Waals surface area contributed by atoms with Crippen molar-refractivity contribution in [3.8, 4) is 0 Å². The number of carbonyl (C=O) groups is 1. The lowest BCUT2D eigenvalue weighted by molar-refractivity contribution is -0.259. The molecule has 1 radical (unpaired) electrons. The molecule has 0 rings (SSSR count). The first-order chi connectivity index (χ1) is 7.93. The minimum Gasteiger partial charge on any atom is -0.293 e. The van der Waals surface area contributed by atoms with Crippen molar-refractivity contribution in [3.05, 3.63) is 17.8 Å². The van der Waals surface area contributed by atoms with Gasteiger partial charge in [-0.25, -0.2) is 4.79 Å². The molecule has 0 aliphatic rings. The fourth-order valence-corrected chi connectivity index (χ4v) is 2.25. The average Bonchev–Trinajstić information content (AvgIpc) is 2.08. The molecule has 0 aliphatic heterocycles. The van der Waals surface area contributed by atoms with Crippen LogP contribution < -0.4 is 0 Å². The van der Waals surface area contributed by atoms with Gasteiger partial charge in [0.1, 0.15) is 6.10 Å². The second kappa shape index (κ2) is 6.37. The molecule has 0 saturated carbocycles. The molecule has 0 atom stereocenters. The Kier molecular flexibility index (Phi) is 6.08. The first kappa shape index (κ1) is 17.2. The molecule has 3 nitrogen and oxygen atoms in total. The zero-order valence-electron chi connectivity index (χ0n) is 13.0. The SMILES string of the molecule is C[C](C)OOC(=O)/C(C)=C\C(C)(C)CC(C)(C)C. The molecule has 0 saturated heterocycles. The largest absolute Gasteiger partial charge is 0.368 e. The number of allylic oxidation sites excluding steroid dienone is 1. The van der Waals surface area contributed by atoms with Crippen LogP contribution in [0.5, 0.6) is 0 Å². The van der Waals surface area contributed by atoms with E-state index in [9.17, 15) is 4.79 Å². The van der Waals surface area contributed by atoms with E-state index in [1.165, 1.54) is 0 Å². The van der Waals surface area contributed by atoms with E-state index in [1.807, 2.05) is 6.08 Å². The number of hydrogen-bond acceptors (Lipinski definition) is 3. The van der Waals surface area contributed by atoms with Crippen molar-refractivity contribution < 1.29 is 14.6 Å². The molecule has 105 valence electrons. The Morgan fingerprint density at radius 1 is 1.00 bits per heavy atom. The van der Waals surface area contributed by atoms with Gasteiger partial charge in [-0.05, 0) is 38.0 Å². The highest BCUT2D eigenvalue weighted by Gasteiger charge is 2.25. The molecule has 0 heterocycles. The summed E-state index contributed by atoms with van der Waals surface area (Å²) in [5.41, 5.74) is 0.742. The Bertz CT molecular complexity index is 306. The predicted molar refractivity (Wildman–Crippen MR) is 73.4 cm³/mol. The van der Waals surface area contributed by atoms with Gasteiger partial charge < -0.3 is 0 Å². The average molecular weight is 255 g/mol. The zero-order chi connectivity index (χ0) is 14.6. The number of rotatable bonds is 5. The summed E-state index contributed by atoms with van der Waals surface area (Å²) in [6.07, 6.45) is 3.55. The van der Waals surface area contributed by atoms with Gasteiger partial charge in [0.25, 0.3) is 0 Å². The third-order valence-electron chi connectivity index (χ3n) is 2.20. The van der Waals surface area contributed by atoms with E-state index in [4.69, 9.17) is 9.78 Å². The van der Waals surface area contributed by atoms with Gasteiger partial charge in [-0.15, -0.1) is 0 Å². The van der Waals surface area contributed by atoms with Crippen molar-refractivity contribution in [3.63, 3.8) is 0 Å². The molecular formula is C15H27O3. The Balaban J connectivity index is 4.60. The second-order valence-corrected chi connectivity index (χ2v) is 6.92. The highest BCUT2D eigenvalue weighted by atomic mass is 17.2. The number of hydrogen-bond donors (Lipinski definition) is 0. The second-order valence-electron chi connectivity index (χ2n) is 6.92. The monoisotopic (exact) mass is 255 g/mol. The molecule has 0 bridgehead atoms. The van der Waals surface area contributed by atoms with Gasteiger partial charge in [-0.1, -0.05) is 40.7 Å². The van der Waals surface area contributed by atoms with Gasteiger partial charge in [0.05, 0.1) is 0 Å². The van der Waals surface area contributed by atoms with Gasteiger partial charge >= 0.3 is 5.97 Å². The van der Waals surface area contributed by atoms with Crippen LogP contribution in [-0.2, 0) is 14.6 Å². The van der Waals surface area contributed by atoms with Crippen LogP contribution in [-0.4, -0.2) is 5.97 Å². The fourth-order valence-electron chi connectivity index (χ4n) is 2.25. The molecule has 0 fully saturated rings. The maximum Gasteiger partial charge on any atom is 0.368 e. The normalized spacial score (nSPS) is 13.9. The lowest BCUT2D eigenvalue weighted by Gasteiger charge is -2.30. The van der Waals surface area contributed by atoms with E-state index in [1.54, 1.807) is 20.8 Å². The van der Waals surface area contributed by atoms with Crippen LogP contribution in [0.15, 0.2) is 11.6 Å². The van der Waals surface area contributed by atoms with Crippen LogP contribution in [0.25, 0.3) is 0 Å². The van der Waals surface area contributed by atoms with Crippen LogP contribution in [0.4, 0.5) is 0 Å². The molecule has 18 heavy (non-hydrogen) atoms. The Hall–Kier alpha value is -0.830. The van der Waals surface area contributed by atoms with Gasteiger partial charge in [0.15, 0.2) is 0 Å². The summed E-state index contributed by atoms with van der Waals surface area (Å²) < 4.78 is 0. The standard InChI is InChI=1S/C15H27O3/c1-11(2)17-18-13(16)12(3)9-15(7,8)10-14(4,5)6/h9H,10H2,1-8H3/b12-9-. The zero-order valence-corrected chi connectivity index (χ0v) is 13.0. The summed E-state index contributed by atoms with van der Waals surface area (Å²) in [7, 11) is 0. The highest BCUT2D eigenvalue weighted by molar-refractivity contribution is 5.87. The topological polar surface area (TPSA) is 35.5 Å². The lowest BCUT2D eigenvalue weighted by atomic mass is 9.75. The van der Waals surface area contributed by atoms with E-state index >= 15 is 0 Å². The van der Waals surface area contributed by atoms with Crippen molar-refractivity contribution in [1.29, 1.82) is 0 Å². The molecule has 0 spiro atoms. The van der Waals surface area contributed by atoms with Crippen LogP contribution in [0.2, 0.25) is 0 Å². The molecule has 0 aromatic heterocycles. The summed E-state index contributed by atoms with van der Waals surface area (Å²) in [4.78, 5) is 21.1. The van der Waals surface area contributed by atoms with E-state index < -0.39 is 5.97 Å². The van der Waals surface area contributed by atoms with Crippen LogP contribution in [0, 0.1) is 16.9 Å². The predicted octanol–water partition coefficient (Wildman–Crippen LogP) is 4.44. The third kappa shape index (κ3) is 8.29. The quantitative estimate of drug-likeness (QED) is 0.414. The van der Waals surface area contributed by atoms with Crippen molar-refractivity contribution in [2.75, 3.05) is 0 Å². The molecule has 0 N–H and O–H groups in total. The molecule has 0 amide bonds. The molecule has 0 aromatic rings. The van der Waals surface area contributed by atoms with Crippen molar-refractivity contribution in [2.45, 2.75) is 61.8 Å². The minimum absolute atomic E-state index is 0.0493. The minimum atomic E-state index is -0.432. The first-order valence-electron chi connectivity index (χ1n) is 6.31. The van der Waals surface area contributed by atoms with Crippen LogP contribution >= 0.6 is 0 Å². The Morgan fingerprint density at radius 2 is 1.50 bits per heavy atom. The fraction of sp³-hybridized carbons (Fsp3) is 0.733. The van der Waals surface area contributed by atoms with Gasteiger partial charge in [0.2, 0.25) is 0 Å². The highest BCUT2D eigenvalue weighted by Crippen LogP contribution is 2.35. The van der Waals surface area contributed by atoms with E-state index in [0.717, 1.165) is 6.42 Å². The number of carbonyl (C=O) groups excluding carboxylic acids is 1. The summed E-state index contributed by atoms with van der Waals surface area (Å²) >= 11 is 0. The third-order valence-corrected chi connectivity index (χ3v) is 2.20. The van der Waals surface area contributed by atoms with Crippen molar-refractivity contribution in [2.24, 2.45) is 10.8 Å². The van der Waals surface area contributed by atoms with E-state index in [2.05, 4.69) is 34.6 Å². The van der Waals surface area contributed by atoms with Crippen LogP contribution in [0.1, 0.15) is 61.8 Å². The Labute approximate surface area is 111 Å². The van der Waals surface area contributed by atoms with Crippen molar-refractivity contribution in [1.82, 2.24) is 0 Å². The smallest absolute Gasteiger partial charge is 0.293 e. The van der Waals surface area contributed by atoms with E-state index in [0.29, 0.717) is 11.7 Å². The molecule has 0 aromatic carbocycles. The van der Waals surface area contributed by atoms with Gasteiger partial charge in [-0.3, -0.25) is 4.89 Å². The molecule has 0 aliphatic carbocycles. The van der Waals surface area contributed by atoms with E-state index in [-0.39, 0.29) is 10.8 Å². The maximum atomic E-state index is 11.7. The van der Waals surface area contributed by atoms with Gasteiger partial charge in [-0.2, -0.15) is 4.89 Å². The summed E-state index contributed by atoms with van der Waals surface area (Å²) in [5, 5.41) is 0. The van der Waals surface area contributed by atoms with Crippen LogP contribution in [0.3, 0.4) is 0 Å². The molecule has 3 heteroatoms. The first-order valence-corrected chi connectivity index (χ1v) is 6.31. The summed E-state index contributed by atoms with van der Waals surface area (Å²) in [6, 6.07) is 0. The molecule has 0 unspecified atom stereocenters. The molecular weight excluding hydrogens is 228 g/mol. The van der Waals surface area contributed by atoms with Crippen molar-refractivity contribution >= 4 is 5.97 Å². The summed E-state index contributed by atoms with van der Waals surface area (Å²) in [6.45, 7) is 16.0. The maximum absolute atomic E-state index is 11.7. The lowest BCUT2D eigenvalue weighted by Crippen LogP contribution is -2.20. The van der Waals surface area contributed by atoms with Gasteiger partial charge in [0, 0.05) is 5.57 Å². The Morgan fingerprint density at radius 3 is 1.89 bits per heavy atom.